The fourth-order valence-corrected chi connectivity index (χ4v) is 4.94. The van der Waals surface area contributed by atoms with E-state index in [4.69, 9.17) is 0 Å². The summed E-state index contributed by atoms with van der Waals surface area (Å²) in [6.07, 6.45) is 4.32. The third-order valence-corrected chi connectivity index (χ3v) is 6.27. The van der Waals surface area contributed by atoms with E-state index in [2.05, 4.69) is 10.1 Å². The molecule has 4 rings (SSSR count). The lowest BCUT2D eigenvalue weighted by molar-refractivity contribution is 0.600. The maximum atomic E-state index is 11.9. The van der Waals surface area contributed by atoms with Crippen molar-refractivity contribution in [3.8, 4) is 0 Å². The van der Waals surface area contributed by atoms with Crippen LogP contribution in [-0.2, 0) is 9.84 Å². The van der Waals surface area contributed by atoms with E-state index in [9.17, 15) is 8.42 Å². The van der Waals surface area contributed by atoms with Crippen LogP contribution in [0.2, 0.25) is 0 Å². The van der Waals surface area contributed by atoms with Crippen LogP contribution in [0.4, 0.5) is 5.69 Å². The zero-order valence-electron chi connectivity index (χ0n) is 13.7. The van der Waals surface area contributed by atoms with Gasteiger partial charge in [0.1, 0.15) is 0 Å². The van der Waals surface area contributed by atoms with E-state index >= 15 is 0 Å². The van der Waals surface area contributed by atoms with E-state index in [0.717, 1.165) is 22.2 Å². The summed E-state index contributed by atoms with van der Waals surface area (Å²) >= 11 is 0. The number of hydrazone groups is 1. The first kappa shape index (κ1) is 15.9. The number of hydrogen-bond donors (Lipinski definition) is 1. The van der Waals surface area contributed by atoms with Crippen LogP contribution in [0.15, 0.2) is 65.9 Å². The minimum absolute atomic E-state index is 0.131. The van der Waals surface area contributed by atoms with Crippen LogP contribution >= 0.6 is 0 Å². The van der Waals surface area contributed by atoms with Crippen molar-refractivity contribution < 1.29 is 8.42 Å². The number of nitrogens with one attached hydrogen (secondary N) is 1. The number of H-pyrrole nitrogens is 1. The molecule has 0 saturated carbocycles. The Morgan fingerprint density at radius 3 is 2.60 bits per heavy atom. The number of benzene rings is 2. The van der Waals surface area contributed by atoms with Crippen molar-refractivity contribution in [1.82, 2.24) is 4.98 Å². The van der Waals surface area contributed by atoms with Crippen LogP contribution in [0.1, 0.15) is 12.0 Å². The molecule has 6 heteroatoms. The number of rotatable bonds is 4. The Labute approximate surface area is 146 Å². The fraction of sp³-hybridized carbons (Fsp3) is 0.211. The number of sulfone groups is 1. The van der Waals surface area contributed by atoms with Gasteiger partial charge in [0, 0.05) is 22.7 Å². The molecular weight excluding hydrogens is 334 g/mol. The molecule has 1 N–H and O–H groups in total. The molecule has 0 radical (unpaired) electrons. The van der Waals surface area contributed by atoms with Crippen LogP contribution in [-0.4, -0.2) is 37.2 Å². The van der Waals surface area contributed by atoms with E-state index < -0.39 is 9.84 Å². The van der Waals surface area contributed by atoms with Crippen molar-refractivity contribution in [3.63, 3.8) is 0 Å². The number of aromatic nitrogens is 1. The molecule has 1 saturated heterocycles. The molecule has 0 aliphatic carbocycles. The summed E-state index contributed by atoms with van der Waals surface area (Å²) in [5, 5.41) is 7.59. The Balaban J connectivity index is 1.69. The van der Waals surface area contributed by atoms with E-state index in [1.807, 2.05) is 65.8 Å². The lowest BCUT2D eigenvalue weighted by Crippen LogP contribution is -2.31. The van der Waals surface area contributed by atoms with Gasteiger partial charge in [-0.15, -0.1) is 0 Å². The second-order valence-electron chi connectivity index (χ2n) is 6.27. The SMILES string of the molecule is O=S1(=O)CC[C@@H](N(/N=C\c2c[nH]c3ccccc23)c2ccccc2)C1. The second-order valence-corrected chi connectivity index (χ2v) is 8.50. The number of aromatic amines is 1. The topological polar surface area (TPSA) is 65.5 Å². The molecule has 1 aliphatic rings. The molecule has 2 aromatic carbocycles. The van der Waals surface area contributed by atoms with Crippen LogP contribution in [0.3, 0.4) is 0 Å². The first-order valence-corrected chi connectivity index (χ1v) is 10.1. The lowest BCUT2D eigenvalue weighted by Gasteiger charge is -2.25. The van der Waals surface area contributed by atoms with Crippen LogP contribution in [0.5, 0.6) is 0 Å². The van der Waals surface area contributed by atoms with Crippen molar-refractivity contribution in [3.05, 3.63) is 66.4 Å². The summed E-state index contributed by atoms with van der Waals surface area (Å²) < 4.78 is 23.8. The van der Waals surface area contributed by atoms with E-state index in [0.29, 0.717) is 6.42 Å². The monoisotopic (exact) mass is 353 g/mol. The Bertz CT molecular complexity index is 1010. The highest BCUT2D eigenvalue weighted by molar-refractivity contribution is 7.91. The number of para-hydroxylation sites is 2. The Hall–Kier alpha value is -2.60. The molecule has 5 nitrogen and oxygen atoms in total. The first-order valence-electron chi connectivity index (χ1n) is 8.27. The van der Waals surface area contributed by atoms with Gasteiger partial charge in [-0.2, -0.15) is 5.10 Å². The number of nitrogens with zero attached hydrogens (tertiary/aromatic N) is 2. The van der Waals surface area contributed by atoms with Crippen molar-refractivity contribution in [2.24, 2.45) is 5.10 Å². The van der Waals surface area contributed by atoms with Gasteiger partial charge in [-0.25, -0.2) is 8.42 Å². The standard InChI is InChI=1S/C19H19N3O2S/c23-25(24)11-10-17(14-25)22(16-6-2-1-3-7-16)21-13-15-12-20-19-9-5-4-8-18(15)19/h1-9,12-13,17,20H,10-11,14H2/b21-13-/t17-/m1/s1. The van der Waals surface area contributed by atoms with E-state index in [1.165, 1.54) is 0 Å². The molecule has 0 bridgehead atoms. The Kier molecular flexibility index (Phi) is 4.05. The zero-order valence-corrected chi connectivity index (χ0v) is 14.5. The molecule has 1 atom stereocenters. The van der Waals surface area contributed by atoms with Crippen molar-refractivity contribution in [1.29, 1.82) is 0 Å². The van der Waals surface area contributed by atoms with Gasteiger partial charge in [0.25, 0.3) is 0 Å². The Morgan fingerprint density at radius 1 is 1.08 bits per heavy atom. The largest absolute Gasteiger partial charge is 0.361 e. The Morgan fingerprint density at radius 2 is 1.84 bits per heavy atom. The second kappa shape index (κ2) is 6.37. The third kappa shape index (κ3) is 3.30. The summed E-state index contributed by atoms with van der Waals surface area (Å²) in [4.78, 5) is 3.23. The van der Waals surface area contributed by atoms with Gasteiger partial charge in [0.2, 0.25) is 0 Å². The third-order valence-electron chi connectivity index (χ3n) is 4.52. The number of fused-ring (bicyclic) bond motifs is 1. The smallest absolute Gasteiger partial charge is 0.152 e. The molecule has 1 aromatic heterocycles. The van der Waals surface area contributed by atoms with E-state index in [-0.39, 0.29) is 17.5 Å². The summed E-state index contributed by atoms with van der Waals surface area (Å²) in [6, 6.07) is 17.6. The molecule has 1 fully saturated rings. The number of hydrogen-bond acceptors (Lipinski definition) is 4. The van der Waals surface area contributed by atoms with Gasteiger partial charge in [-0.3, -0.25) is 5.01 Å². The highest BCUT2D eigenvalue weighted by Gasteiger charge is 2.32. The van der Waals surface area contributed by atoms with Gasteiger partial charge in [0.05, 0.1) is 29.4 Å². The summed E-state index contributed by atoms with van der Waals surface area (Å²) in [5.41, 5.74) is 2.94. The molecular formula is C19H19N3O2S. The molecule has 0 spiro atoms. The van der Waals surface area contributed by atoms with Gasteiger partial charge >= 0.3 is 0 Å². The molecule has 1 aliphatic heterocycles. The molecule has 25 heavy (non-hydrogen) atoms. The average Bonchev–Trinajstić information content (AvgIpc) is 3.19. The highest BCUT2D eigenvalue weighted by atomic mass is 32.2. The normalized spacial score (nSPS) is 19.6. The quantitative estimate of drug-likeness (QED) is 0.579. The van der Waals surface area contributed by atoms with Gasteiger partial charge < -0.3 is 4.98 Å². The van der Waals surface area contributed by atoms with Crippen molar-refractivity contribution >= 4 is 32.6 Å². The molecule has 3 aromatic rings. The maximum Gasteiger partial charge on any atom is 0.152 e. The van der Waals surface area contributed by atoms with Crippen LogP contribution < -0.4 is 5.01 Å². The minimum Gasteiger partial charge on any atom is -0.361 e. The number of anilines is 1. The predicted molar refractivity (Wildman–Crippen MR) is 102 cm³/mol. The molecule has 128 valence electrons. The van der Waals surface area contributed by atoms with Gasteiger partial charge in [-0.05, 0) is 24.6 Å². The molecule has 2 heterocycles. The summed E-state index contributed by atoms with van der Waals surface area (Å²) in [6.45, 7) is 0. The molecule has 0 amide bonds. The lowest BCUT2D eigenvalue weighted by atomic mass is 10.2. The van der Waals surface area contributed by atoms with Crippen LogP contribution in [0, 0.1) is 0 Å². The molecule has 0 unspecified atom stereocenters. The first-order chi connectivity index (χ1) is 12.1. The maximum absolute atomic E-state index is 11.9. The average molecular weight is 353 g/mol. The van der Waals surface area contributed by atoms with Crippen molar-refractivity contribution in [2.75, 3.05) is 16.5 Å². The predicted octanol–water partition coefficient (Wildman–Crippen LogP) is 3.20. The fourth-order valence-electron chi connectivity index (χ4n) is 3.25. The van der Waals surface area contributed by atoms with Gasteiger partial charge in [-0.1, -0.05) is 36.4 Å². The van der Waals surface area contributed by atoms with Crippen LogP contribution in [0.25, 0.3) is 10.9 Å². The van der Waals surface area contributed by atoms with Gasteiger partial charge in [0.15, 0.2) is 9.84 Å². The zero-order chi connectivity index (χ0) is 17.3. The minimum atomic E-state index is -2.98. The summed E-state index contributed by atoms with van der Waals surface area (Å²) in [5.74, 6) is 0.372. The van der Waals surface area contributed by atoms with Crippen molar-refractivity contribution in [2.45, 2.75) is 12.5 Å². The van der Waals surface area contributed by atoms with E-state index in [1.54, 1.807) is 6.21 Å². The highest BCUT2D eigenvalue weighted by Crippen LogP contribution is 2.25. The summed E-state index contributed by atoms with van der Waals surface area (Å²) in [7, 11) is -2.98.